The number of nitrogens with two attached hydrogens (primary N) is 1. The van der Waals surface area contributed by atoms with Gasteiger partial charge in [0.2, 0.25) is 5.91 Å². The molecule has 3 aromatic heterocycles. The first-order valence-corrected chi connectivity index (χ1v) is 14.6. The van der Waals surface area contributed by atoms with Gasteiger partial charge in [0, 0.05) is 33.8 Å². The third kappa shape index (κ3) is 5.01. The van der Waals surface area contributed by atoms with Gasteiger partial charge in [0.1, 0.15) is 27.8 Å². The zero-order valence-electron chi connectivity index (χ0n) is 23.7. The topological polar surface area (TPSA) is 149 Å². The monoisotopic (exact) mass is 677 g/mol. The summed E-state index contributed by atoms with van der Waals surface area (Å²) in [7, 11) is 0. The number of rotatable bonds is 7. The van der Waals surface area contributed by atoms with E-state index in [9.17, 15) is 36.6 Å². The molecule has 0 saturated carbocycles. The number of amides is 1. The summed E-state index contributed by atoms with van der Waals surface area (Å²) in [6.45, 7) is 2.61. The Morgan fingerprint density at radius 1 is 1.09 bits per heavy atom. The van der Waals surface area contributed by atoms with E-state index in [-0.39, 0.29) is 44.8 Å². The van der Waals surface area contributed by atoms with E-state index in [0.717, 1.165) is 9.56 Å². The summed E-state index contributed by atoms with van der Waals surface area (Å²) in [6, 6.07) is 10.5. The Labute approximate surface area is 265 Å². The van der Waals surface area contributed by atoms with Gasteiger partial charge in [-0.2, -0.15) is 27.1 Å². The van der Waals surface area contributed by atoms with Crippen LogP contribution in [0.1, 0.15) is 39.2 Å². The Kier molecular flexibility index (Phi) is 7.27. The number of hydrogen-bond donors (Lipinski definition) is 3. The van der Waals surface area contributed by atoms with Gasteiger partial charge < -0.3 is 16.2 Å². The lowest BCUT2D eigenvalue weighted by molar-refractivity contribution is -0.285. The minimum atomic E-state index is -5.74. The minimum absolute atomic E-state index is 0.0246. The molecule has 1 aliphatic heterocycles. The molecule has 10 nitrogen and oxygen atoms in total. The molecule has 5 aromatic rings. The van der Waals surface area contributed by atoms with E-state index in [0.29, 0.717) is 21.7 Å². The van der Waals surface area contributed by atoms with Crippen LogP contribution < -0.4 is 11.1 Å². The van der Waals surface area contributed by atoms with E-state index >= 15 is 0 Å². The smallest absolute Gasteiger partial charge is 0.453 e. The number of hydrogen-bond acceptors (Lipinski definition) is 8. The van der Waals surface area contributed by atoms with Crippen molar-refractivity contribution in [1.82, 2.24) is 24.7 Å². The average molecular weight is 678 g/mol. The molecule has 4 N–H and O–H groups in total. The summed E-state index contributed by atoms with van der Waals surface area (Å²) in [4.78, 5) is 39.1. The third-order valence-electron chi connectivity index (χ3n) is 7.73. The van der Waals surface area contributed by atoms with Crippen molar-refractivity contribution < 1.29 is 36.6 Å². The number of carboxylic acid groups (broad SMARTS) is 1. The van der Waals surface area contributed by atoms with E-state index in [2.05, 4.69) is 20.4 Å². The molecule has 0 spiro atoms. The number of carbonyl (C=O) groups is 2. The first-order valence-electron chi connectivity index (χ1n) is 13.4. The Balaban J connectivity index is 1.40. The van der Waals surface area contributed by atoms with Crippen molar-refractivity contribution in [3.8, 4) is 22.8 Å². The summed E-state index contributed by atoms with van der Waals surface area (Å²) in [5.41, 5.74) is 6.71. The van der Waals surface area contributed by atoms with Gasteiger partial charge in [0.15, 0.2) is 5.82 Å². The molecule has 0 fully saturated rings. The molecule has 1 unspecified atom stereocenters. The highest BCUT2D eigenvalue weighted by Gasteiger charge is 2.57. The Hall–Kier alpha value is -4.70. The lowest BCUT2D eigenvalue weighted by Crippen LogP contribution is -2.37. The summed E-state index contributed by atoms with van der Waals surface area (Å²) < 4.78 is 67.0. The highest BCUT2D eigenvalue weighted by Crippen LogP contribution is 2.48. The molecule has 46 heavy (non-hydrogen) atoms. The number of benzene rings is 2. The summed E-state index contributed by atoms with van der Waals surface area (Å²) >= 11 is 7.33. The Morgan fingerprint density at radius 3 is 2.43 bits per heavy atom. The van der Waals surface area contributed by atoms with Crippen molar-refractivity contribution in [2.24, 2.45) is 0 Å². The predicted octanol–water partition coefficient (Wildman–Crippen LogP) is 6.70. The lowest BCUT2D eigenvalue weighted by atomic mass is 9.85. The minimum Gasteiger partial charge on any atom is -0.478 e. The van der Waals surface area contributed by atoms with Gasteiger partial charge in [-0.1, -0.05) is 23.7 Å². The van der Waals surface area contributed by atoms with Crippen LogP contribution in [0.25, 0.3) is 33.7 Å². The maximum atomic E-state index is 13.7. The molecule has 0 aliphatic carbocycles. The van der Waals surface area contributed by atoms with Crippen molar-refractivity contribution in [3.05, 3.63) is 68.5 Å². The first-order chi connectivity index (χ1) is 21.5. The number of halogens is 6. The first kappa shape index (κ1) is 31.3. The maximum absolute atomic E-state index is 13.7. The summed E-state index contributed by atoms with van der Waals surface area (Å²) in [6.07, 6.45) is -7.31. The van der Waals surface area contributed by atoms with Crippen LogP contribution in [-0.4, -0.2) is 53.8 Å². The second kappa shape index (κ2) is 10.7. The highest BCUT2D eigenvalue weighted by molar-refractivity contribution is 7.12. The number of nitrogen functional groups attached to an aromatic ring is 1. The van der Waals surface area contributed by atoms with Crippen LogP contribution in [0.15, 0.2) is 42.5 Å². The van der Waals surface area contributed by atoms with E-state index in [1.165, 1.54) is 41.7 Å². The van der Waals surface area contributed by atoms with Crippen LogP contribution in [0.3, 0.4) is 0 Å². The predicted molar refractivity (Wildman–Crippen MR) is 160 cm³/mol. The van der Waals surface area contributed by atoms with Gasteiger partial charge in [0.25, 0.3) is 0 Å². The Bertz CT molecular complexity index is 2060. The van der Waals surface area contributed by atoms with Gasteiger partial charge in [-0.3, -0.25) is 9.48 Å². The summed E-state index contributed by atoms with van der Waals surface area (Å²) in [5.74, 6) is -6.70. The van der Waals surface area contributed by atoms with Gasteiger partial charge in [-0.05, 0) is 44.2 Å². The molecule has 0 bridgehead atoms. The number of alkyl halides is 5. The lowest BCUT2D eigenvalue weighted by Gasteiger charge is -2.20. The number of nitrogens with one attached hydrogen (secondary N) is 1. The van der Waals surface area contributed by atoms with Gasteiger partial charge in [-0.15, -0.1) is 11.3 Å². The second-order valence-corrected chi connectivity index (χ2v) is 12.4. The Morgan fingerprint density at radius 2 is 1.78 bits per heavy atom. The normalized spacial score (nSPS) is 16.6. The molecular weight excluding hydrogens is 657 g/mol. The fourth-order valence-corrected chi connectivity index (χ4v) is 6.49. The molecular formula is C29H21ClF5N7O3S. The standard InChI is InChI=1S/C29H21ClF5N7O3S/c1-12-19(13-3-5-14(6-4-13)24(43)44)37-26(46-12)27(2)18-21(36)38-23(39-22(18)40-25(27)45)20-16-8-7-15(30)11-17(16)42(41-20)10-9-28(31,32)29(33,34)35/h3-8,11H,9-10H2,1-2H3,(H,43,44)(H3,36,38,39,40,45). The average Bonchev–Trinajstić information content (AvgIpc) is 3.63. The number of thiazole rings is 1. The number of aromatic carboxylic acids is 1. The molecule has 238 valence electrons. The number of aromatic nitrogens is 5. The number of carbonyl (C=O) groups excluding carboxylic acids is 1. The molecule has 1 atom stereocenters. The second-order valence-electron chi connectivity index (χ2n) is 10.7. The zero-order valence-corrected chi connectivity index (χ0v) is 25.3. The SMILES string of the molecule is Cc1sc(C2(C)C(=O)Nc3nc(-c4nn(CCC(F)(F)C(F)(F)F)c5cc(Cl)ccc45)nc(N)c32)nc1-c1ccc(C(=O)O)cc1. The van der Waals surface area contributed by atoms with E-state index in [1.807, 2.05) is 0 Å². The van der Waals surface area contributed by atoms with Crippen LogP contribution in [0, 0.1) is 6.92 Å². The van der Waals surface area contributed by atoms with E-state index < -0.39 is 42.4 Å². The van der Waals surface area contributed by atoms with Crippen molar-refractivity contribution >= 4 is 57.4 Å². The molecule has 2 aromatic carbocycles. The maximum Gasteiger partial charge on any atom is 0.453 e. The third-order valence-corrected chi connectivity index (χ3v) is 9.16. The largest absolute Gasteiger partial charge is 0.478 e. The molecule has 4 heterocycles. The van der Waals surface area contributed by atoms with Crippen molar-refractivity contribution in [3.63, 3.8) is 0 Å². The van der Waals surface area contributed by atoms with Crippen LogP contribution in [0.2, 0.25) is 5.02 Å². The van der Waals surface area contributed by atoms with Gasteiger partial charge >= 0.3 is 18.1 Å². The van der Waals surface area contributed by atoms with Gasteiger partial charge in [-0.25, -0.2) is 19.7 Å². The number of fused-ring (bicyclic) bond motifs is 2. The van der Waals surface area contributed by atoms with Crippen LogP contribution in [0.5, 0.6) is 0 Å². The number of aryl methyl sites for hydroxylation is 2. The quantitative estimate of drug-likeness (QED) is 0.161. The van der Waals surface area contributed by atoms with Crippen molar-refractivity contribution in [2.45, 2.75) is 44.3 Å². The van der Waals surface area contributed by atoms with Gasteiger partial charge in [0.05, 0.1) is 22.3 Å². The van der Waals surface area contributed by atoms with Crippen molar-refractivity contribution in [1.29, 1.82) is 0 Å². The highest BCUT2D eigenvalue weighted by atomic mass is 35.5. The van der Waals surface area contributed by atoms with E-state index in [1.54, 1.807) is 26.0 Å². The molecule has 0 radical (unpaired) electrons. The summed E-state index contributed by atoms with van der Waals surface area (Å²) in [5, 5.41) is 17.0. The number of anilines is 2. The molecule has 0 saturated heterocycles. The number of nitrogens with zero attached hydrogens (tertiary/aromatic N) is 5. The number of carboxylic acids is 1. The zero-order chi connectivity index (χ0) is 33.3. The molecule has 17 heteroatoms. The fraction of sp³-hybridized carbons (Fsp3) is 0.241. The van der Waals surface area contributed by atoms with Crippen molar-refractivity contribution in [2.75, 3.05) is 11.1 Å². The van der Waals surface area contributed by atoms with E-state index in [4.69, 9.17) is 22.3 Å². The molecule has 1 amide bonds. The fourth-order valence-electron chi connectivity index (χ4n) is 5.24. The van der Waals surface area contributed by atoms with Crippen LogP contribution in [-0.2, 0) is 16.8 Å². The van der Waals surface area contributed by atoms with Crippen LogP contribution in [0.4, 0.5) is 33.6 Å². The molecule has 6 rings (SSSR count). The molecule has 1 aliphatic rings. The van der Waals surface area contributed by atoms with Crippen LogP contribution >= 0.6 is 22.9 Å².